The van der Waals surface area contributed by atoms with Crippen molar-refractivity contribution in [1.29, 1.82) is 0 Å². The van der Waals surface area contributed by atoms with Crippen molar-refractivity contribution in [3.8, 4) is 0 Å². The molecule has 1 unspecified atom stereocenters. The Balaban J connectivity index is 4.13. The number of carboxylic acids is 1. The van der Waals surface area contributed by atoms with Crippen LogP contribution in [0.1, 0.15) is 47.0 Å². The zero-order valence-corrected chi connectivity index (χ0v) is 10.2. The van der Waals surface area contributed by atoms with Crippen LogP contribution in [0.3, 0.4) is 0 Å². The minimum atomic E-state index is -0.787. The second-order valence-corrected chi connectivity index (χ2v) is 4.97. The molecule has 4 nitrogen and oxygen atoms in total. The molecule has 4 heteroatoms. The smallest absolute Gasteiger partial charge is 0.303 e. The molecule has 0 saturated carbocycles. The summed E-state index contributed by atoms with van der Waals surface area (Å²) in [4.78, 5) is 10.5. The van der Waals surface area contributed by atoms with Crippen LogP contribution in [0, 0.1) is 0 Å². The number of carbonyl (C=O) groups is 1. The maximum Gasteiger partial charge on any atom is 0.303 e. The van der Waals surface area contributed by atoms with Crippen molar-refractivity contribution in [3.63, 3.8) is 0 Å². The molecule has 0 aliphatic carbocycles. The molecule has 0 aromatic rings. The monoisotopic (exact) mass is 217 g/mol. The van der Waals surface area contributed by atoms with E-state index in [9.17, 15) is 4.79 Å². The van der Waals surface area contributed by atoms with E-state index in [1.807, 2.05) is 27.7 Å². The van der Waals surface area contributed by atoms with Crippen LogP contribution in [0.5, 0.6) is 0 Å². The molecule has 0 rings (SSSR count). The van der Waals surface area contributed by atoms with E-state index < -0.39 is 5.97 Å². The molecule has 0 aromatic heterocycles. The average molecular weight is 217 g/mol. The second kappa shape index (κ2) is 5.47. The zero-order valence-electron chi connectivity index (χ0n) is 10.2. The van der Waals surface area contributed by atoms with E-state index in [-0.39, 0.29) is 17.6 Å². The predicted molar refractivity (Wildman–Crippen MR) is 59.8 cm³/mol. The van der Waals surface area contributed by atoms with Gasteiger partial charge in [0.25, 0.3) is 0 Å². The summed E-state index contributed by atoms with van der Waals surface area (Å²) in [5, 5.41) is 8.62. The van der Waals surface area contributed by atoms with Crippen molar-refractivity contribution in [1.82, 2.24) is 0 Å². The van der Waals surface area contributed by atoms with E-state index in [2.05, 4.69) is 0 Å². The summed E-state index contributed by atoms with van der Waals surface area (Å²) in [5.41, 5.74) is 5.06. The lowest BCUT2D eigenvalue weighted by atomic mass is 9.96. The van der Waals surface area contributed by atoms with E-state index >= 15 is 0 Å². The molecule has 0 heterocycles. The van der Waals surface area contributed by atoms with Gasteiger partial charge in [-0.1, -0.05) is 6.92 Å². The number of carboxylic acid groups (broad SMARTS) is 1. The third-order valence-corrected chi connectivity index (χ3v) is 2.41. The van der Waals surface area contributed by atoms with Crippen LogP contribution in [0.4, 0.5) is 0 Å². The molecular weight excluding hydrogens is 194 g/mol. The van der Waals surface area contributed by atoms with Crippen LogP contribution < -0.4 is 5.73 Å². The van der Waals surface area contributed by atoms with E-state index in [0.717, 1.165) is 6.42 Å². The Morgan fingerprint density at radius 3 is 2.27 bits per heavy atom. The Bertz CT molecular complexity index is 210. The molecule has 3 N–H and O–H groups in total. The lowest BCUT2D eigenvalue weighted by molar-refractivity contribution is -0.139. The fraction of sp³-hybridized carbons (Fsp3) is 0.909. The van der Waals surface area contributed by atoms with E-state index in [0.29, 0.717) is 13.0 Å². The fourth-order valence-corrected chi connectivity index (χ4v) is 1.08. The molecular formula is C11H23NO3. The molecule has 0 bridgehead atoms. The average Bonchev–Trinajstić information content (AvgIpc) is 2.10. The number of rotatable bonds is 7. The summed E-state index contributed by atoms with van der Waals surface area (Å²) in [5.74, 6) is -0.787. The Hall–Kier alpha value is -0.610. The molecule has 0 aliphatic heterocycles. The summed E-state index contributed by atoms with van der Waals surface area (Å²) in [7, 11) is 0. The number of hydrogen-bond acceptors (Lipinski definition) is 3. The van der Waals surface area contributed by atoms with Gasteiger partial charge in [0.05, 0.1) is 12.2 Å². The third-order valence-electron chi connectivity index (χ3n) is 2.41. The van der Waals surface area contributed by atoms with E-state index in [1.54, 1.807) is 0 Å². The molecule has 90 valence electrons. The Kier molecular flexibility index (Phi) is 5.24. The highest BCUT2D eigenvalue weighted by Gasteiger charge is 2.26. The number of aliphatic carboxylic acids is 1. The Labute approximate surface area is 91.8 Å². The standard InChI is InChI=1S/C11H23NO3/c1-5-11(4,7-6-9(13)14)15-8-10(2,3)12/h5-8,12H2,1-4H3,(H,13,14). The Morgan fingerprint density at radius 2 is 1.93 bits per heavy atom. The van der Waals surface area contributed by atoms with Crippen molar-refractivity contribution in [2.24, 2.45) is 5.73 Å². The highest BCUT2D eigenvalue weighted by atomic mass is 16.5. The molecule has 0 fully saturated rings. The van der Waals surface area contributed by atoms with Crippen molar-refractivity contribution in [3.05, 3.63) is 0 Å². The highest BCUT2D eigenvalue weighted by molar-refractivity contribution is 5.66. The van der Waals surface area contributed by atoms with Gasteiger partial charge < -0.3 is 15.6 Å². The summed E-state index contributed by atoms with van der Waals surface area (Å²) in [6, 6.07) is 0. The van der Waals surface area contributed by atoms with Crippen molar-refractivity contribution >= 4 is 5.97 Å². The second-order valence-electron chi connectivity index (χ2n) is 4.97. The van der Waals surface area contributed by atoms with Gasteiger partial charge in [-0.05, 0) is 33.6 Å². The molecule has 15 heavy (non-hydrogen) atoms. The molecule has 0 aliphatic rings. The molecule has 0 spiro atoms. The minimum absolute atomic E-state index is 0.134. The van der Waals surface area contributed by atoms with Gasteiger partial charge in [0.2, 0.25) is 0 Å². The van der Waals surface area contributed by atoms with Gasteiger partial charge in [0, 0.05) is 12.0 Å². The first-order valence-electron chi connectivity index (χ1n) is 5.33. The van der Waals surface area contributed by atoms with Gasteiger partial charge >= 0.3 is 5.97 Å². The van der Waals surface area contributed by atoms with Crippen molar-refractivity contribution in [2.45, 2.75) is 58.1 Å². The predicted octanol–water partition coefficient (Wildman–Crippen LogP) is 1.77. The van der Waals surface area contributed by atoms with Crippen LogP contribution in [0.2, 0.25) is 0 Å². The van der Waals surface area contributed by atoms with Crippen LogP contribution in [-0.2, 0) is 9.53 Å². The summed E-state index contributed by atoms with van der Waals surface area (Å²) in [6.45, 7) is 8.14. The molecule has 0 amide bonds. The first-order valence-corrected chi connectivity index (χ1v) is 5.33. The lowest BCUT2D eigenvalue weighted by Crippen LogP contribution is -2.42. The first kappa shape index (κ1) is 14.4. The van der Waals surface area contributed by atoms with Crippen LogP contribution in [0.25, 0.3) is 0 Å². The SMILES string of the molecule is CCC(C)(CCC(=O)O)OCC(C)(C)N. The van der Waals surface area contributed by atoms with Gasteiger partial charge in [0.15, 0.2) is 0 Å². The number of ether oxygens (including phenoxy) is 1. The number of nitrogens with two attached hydrogens (primary N) is 1. The maximum atomic E-state index is 10.5. The topological polar surface area (TPSA) is 72.5 Å². The first-order chi connectivity index (χ1) is 6.68. The summed E-state index contributed by atoms with van der Waals surface area (Å²) < 4.78 is 5.71. The van der Waals surface area contributed by atoms with E-state index in [1.165, 1.54) is 0 Å². The largest absolute Gasteiger partial charge is 0.481 e. The normalized spacial score (nSPS) is 16.1. The van der Waals surface area contributed by atoms with Crippen molar-refractivity contribution in [2.75, 3.05) is 6.61 Å². The minimum Gasteiger partial charge on any atom is -0.481 e. The zero-order chi connectivity index (χ0) is 12.1. The van der Waals surface area contributed by atoms with E-state index in [4.69, 9.17) is 15.6 Å². The summed E-state index contributed by atoms with van der Waals surface area (Å²) in [6.07, 6.45) is 1.45. The summed E-state index contributed by atoms with van der Waals surface area (Å²) >= 11 is 0. The maximum absolute atomic E-state index is 10.5. The number of hydrogen-bond donors (Lipinski definition) is 2. The van der Waals surface area contributed by atoms with Gasteiger partial charge in [-0.15, -0.1) is 0 Å². The molecule has 0 saturated heterocycles. The highest BCUT2D eigenvalue weighted by Crippen LogP contribution is 2.22. The van der Waals surface area contributed by atoms with Crippen LogP contribution >= 0.6 is 0 Å². The van der Waals surface area contributed by atoms with Crippen LogP contribution in [-0.4, -0.2) is 28.8 Å². The van der Waals surface area contributed by atoms with Gasteiger partial charge in [-0.2, -0.15) is 0 Å². The van der Waals surface area contributed by atoms with Crippen molar-refractivity contribution < 1.29 is 14.6 Å². The van der Waals surface area contributed by atoms with Crippen LogP contribution in [0.15, 0.2) is 0 Å². The molecule has 0 aromatic carbocycles. The Morgan fingerprint density at radius 1 is 1.40 bits per heavy atom. The van der Waals surface area contributed by atoms with Gasteiger partial charge in [-0.25, -0.2) is 0 Å². The fourth-order valence-electron chi connectivity index (χ4n) is 1.08. The van der Waals surface area contributed by atoms with Gasteiger partial charge in [0.1, 0.15) is 0 Å². The molecule has 0 radical (unpaired) electrons. The molecule has 1 atom stereocenters. The third kappa shape index (κ3) is 7.33. The van der Waals surface area contributed by atoms with Gasteiger partial charge in [-0.3, -0.25) is 4.79 Å². The lowest BCUT2D eigenvalue weighted by Gasteiger charge is -2.32. The quantitative estimate of drug-likeness (QED) is 0.681.